The summed E-state index contributed by atoms with van der Waals surface area (Å²) in [5.74, 6) is -1.42. The van der Waals surface area contributed by atoms with Gasteiger partial charge in [0.2, 0.25) is 0 Å². The number of benzene rings is 2. The second-order valence-electron chi connectivity index (χ2n) is 5.16. The van der Waals surface area contributed by atoms with Gasteiger partial charge in [-0.25, -0.2) is 13.6 Å². The number of hydrogen-bond donors (Lipinski definition) is 2. The van der Waals surface area contributed by atoms with Gasteiger partial charge in [0.15, 0.2) is 5.11 Å². The molecule has 0 atom stereocenters. The van der Waals surface area contributed by atoms with Gasteiger partial charge in [0.25, 0.3) is 0 Å². The number of nitrogens with one attached hydrogen (secondary N) is 2. The van der Waals surface area contributed by atoms with E-state index in [4.69, 9.17) is 16.6 Å². The molecule has 0 saturated carbocycles. The third-order valence-corrected chi connectivity index (χ3v) is 3.59. The maximum Gasteiger partial charge on any atom is 0.336 e. The fourth-order valence-corrected chi connectivity index (χ4v) is 2.51. The Morgan fingerprint density at radius 2 is 1.88 bits per heavy atom. The van der Waals surface area contributed by atoms with E-state index in [1.807, 2.05) is 6.92 Å². The smallest absolute Gasteiger partial charge is 0.336 e. The summed E-state index contributed by atoms with van der Waals surface area (Å²) in [5.41, 5.74) is 1.40. The molecule has 24 heavy (non-hydrogen) atoms. The fourth-order valence-electron chi connectivity index (χ4n) is 2.28. The van der Waals surface area contributed by atoms with E-state index in [2.05, 4.69) is 10.6 Å². The highest BCUT2D eigenvalue weighted by Gasteiger charge is 2.07. The number of halogens is 2. The first-order valence-electron chi connectivity index (χ1n) is 7.00. The van der Waals surface area contributed by atoms with Crippen molar-refractivity contribution in [3.63, 3.8) is 0 Å². The Morgan fingerprint density at radius 1 is 1.08 bits per heavy atom. The van der Waals surface area contributed by atoms with Crippen LogP contribution in [0.3, 0.4) is 0 Å². The SMILES string of the molecule is Cc1cc(=O)oc2cc(NC(=S)Nc3ccc(F)cc3F)ccc12. The molecule has 2 N–H and O–H groups in total. The predicted molar refractivity (Wildman–Crippen MR) is 93.4 cm³/mol. The lowest BCUT2D eigenvalue weighted by Crippen LogP contribution is -2.19. The molecule has 7 heteroatoms. The average molecular weight is 346 g/mol. The van der Waals surface area contributed by atoms with Gasteiger partial charge in [0, 0.05) is 29.3 Å². The van der Waals surface area contributed by atoms with Crippen LogP contribution in [-0.2, 0) is 0 Å². The normalized spacial score (nSPS) is 10.6. The Hall–Kier alpha value is -2.80. The quantitative estimate of drug-likeness (QED) is 0.538. The molecule has 1 aromatic heterocycles. The van der Waals surface area contributed by atoms with Gasteiger partial charge in [0.1, 0.15) is 17.2 Å². The van der Waals surface area contributed by atoms with Crippen LogP contribution < -0.4 is 16.3 Å². The van der Waals surface area contributed by atoms with Crippen molar-refractivity contribution in [1.29, 1.82) is 0 Å². The van der Waals surface area contributed by atoms with E-state index >= 15 is 0 Å². The average Bonchev–Trinajstić information content (AvgIpc) is 2.49. The number of hydrogen-bond acceptors (Lipinski definition) is 3. The molecule has 4 nitrogen and oxygen atoms in total. The van der Waals surface area contributed by atoms with Gasteiger partial charge in [-0.2, -0.15) is 0 Å². The molecule has 0 unspecified atom stereocenters. The van der Waals surface area contributed by atoms with Gasteiger partial charge in [-0.1, -0.05) is 0 Å². The van der Waals surface area contributed by atoms with Crippen molar-refractivity contribution in [3.05, 3.63) is 70.1 Å². The van der Waals surface area contributed by atoms with Crippen molar-refractivity contribution in [2.75, 3.05) is 10.6 Å². The second kappa shape index (κ2) is 6.37. The zero-order chi connectivity index (χ0) is 17.3. The minimum atomic E-state index is -0.751. The van der Waals surface area contributed by atoms with E-state index in [1.54, 1.807) is 18.2 Å². The van der Waals surface area contributed by atoms with Crippen LogP contribution in [0.15, 0.2) is 51.7 Å². The first kappa shape index (κ1) is 16.1. The summed E-state index contributed by atoms with van der Waals surface area (Å²) in [6.45, 7) is 1.82. The molecule has 0 bridgehead atoms. The van der Waals surface area contributed by atoms with Crippen molar-refractivity contribution < 1.29 is 13.2 Å². The summed E-state index contributed by atoms with van der Waals surface area (Å²) in [7, 11) is 0. The van der Waals surface area contributed by atoms with Crippen LogP contribution in [0.1, 0.15) is 5.56 Å². The summed E-state index contributed by atoms with van der Waals surface area (Å²) in [5, 5.41) is 6.43. The molecular formula is C17H12F2N2O2S. The largest absolute Gasteiger partial charge is 0.423 e. The van der Waals surface area contributed by atoms with E-state index < -0.39 is 17.3 Å². The van der Waals surface area contributed by atoms with E-state index in [0.29, 0.717) is 11.3 Å². The number of fused-ring (bicyclic) bond motifs is 1. The molecule has 0 aliphatic carbocycles. The van der Waals surface area contributed by atoms with Crippen LogP contribution in [0.2, 0.25) is 0 Å². The molecule has 3 aromatic rings. The summed E-state index contributed by atoms with van der Waals surface area (Å²) < 4.78 is 31.7. The van der Waals surface area contributed by atoms with Crippen molar-refractivity contribution in [3.8, 4) is 0 Å². The lowest BCUT2D eigenvalue weighted by Gasteiger charge is -2.12. The van der Waals surface area contributed by atoms with Crippen LogP contribution in [0.25, 0.3) is 11.0 Å². The van der Waals surface area contributed by atoms with Crippen molar-refractivity contribution in [2.45, 2.75) is 6.92 Å². The van der Waals surface area contributed by atoms with Crippen molar-refractivity contribution in [2.24, 2.45) is 0 Å². The highest BCUT2D eigenvalue weighted by Crippen LogP contribution is 2.21. The molecule has 122 valence electrons. The molecular weight excluding hydrogens is 334 g/mol. The highest BCUT2D eigenvalue weighted by atomic mass is 32.1. The number of aryl methyl sites for hydroxylation is 1. The van der Waals surface area contributed by atoms with Gasteiger partial charge in [-0.05, 0) is 49.0 Å². The van der Waals surface area contributed by atoms with Crippen LogP contribution in [0.5, 0.6) is 0 Å². The van der Waals surface area contributed by atoms with Gasteiger partial charge in [-0.15, -0.1) is 0 Å². The molecule has 0 aliphatic rings. The van der Waals surface area contributed by atoms with Crippen molar-refractivity contribution in [1.82, 2.24) is 0 Å². The standard InChI is InChI=1S/C17H12F2N2O2S/c1-9-6-16(22)23-15-8-11(3-4-12(9)15)20-17(24)21-14-5-2-10(18)7-13(14)19/h2-8H,1H3,(H2,20,21,24). The Labute approximate surface area is 141 Å². The second-order valence-corrected chi connectivity index (χ2v) is 5.57. The Bertz CT molecular complexity index is 1000. The van der Waals surface area contributed by atoms with Gasteiger partial charge >= 0.3 is 5.63 Å². The molecule has 2 aromatic carbocycles. The zero-order valence-electron chi connectivity index (χ0n) is 12.5. The molecule has 0 saturated heterocycles. The molecule has 0 aliphatic heterocycles. The minimum absolute atomic E-state index is 0.0528. The fraction of sp³-hybridized carbons (Fsp3) is 0.0588. The molecule has 0 amide bonds. The van der Waals surface area contributed by atoms with E-state index in [1.165, 1.54) is 12.1 Å². The lowest BCUT2D eigenvalue weighted by molar-refractivity contribution is 0.560. The molecule has 0 spiro atoms. The maximum absolute atomic E-state index is 13.6. The van der Waals surface area contributed by atoms with E-state index in [0.717, 1.165) is 23.1 Å². The Morgan fingerprint density at radius 3 is 2.62 bits per heavy atom. The molecule has 0 fully saturated rings. The van der Waals surface area contributed by atoms with Gasteiger partial charge < -0.3 is 15.1 Å². The van der Waals surface area contributed by atoms with Gasteiger partial charge in [-0.3, -0.25) is 0 Å². The molecule has 0 radical (unpaired) electrons. The predicted octanol–water partition coefficient (Wildman–Crippen LogP) is 4.19. The summed E-state index contributed by atoms with van der Waals surface area (Å²) >= 11 is 5.11. The van der Waals surface area contributed by atoms with Gasteiger partial charge in [0.05, 0.1) is 5.69 Å². The number of anilines is 2. The van der Waals surface area contributed by atoms with Crippen LogP contribution in [0.4, 0.5) is 20.2 Å². The van der Waals surface area contributed by atoms with E-state index in [9.17, 15) is 13.6 Å². The monoisotopic (exact) mass is 346 g/mol. The molecule has 1 heterocycles. The van der Waals surface area contributed by atoms with Crippen LogP contribution in [0, 0.1) is 18.6 Å². The van der Waals surface area contributed by atoms with Crippen LogP contribution >= 0.6 is 12.2 Å². The first-order valence-corrected chi connectivity index (χ1v) is 7.41. The molecule has 3 rings (SSSR count). The first-order chi connectivity index (χ1) is 11.4. The summed E-state index contributed by atoms with van der Waals surface area (Å²) in [6, 6.07) is 9.72. The summed E-state index contributed by atoms with van der Waals surface area (Å²) in [4.78, 5) is 11.4. The number of rotatable bonds is 2. The minimum Gasteiger partial charge on any atom is -0.423 e. The third-order valence-electron chi connectivity index (χ3n) is 3.39. The van der Waals surface area contributed by atoms with Crippen molar-refractivity contribution >= 4 is 39.7 Å². The maximum atomic E-state index is 13.6. The topological polar surface area (TPSA) is 54.3 Å². The van der Waals surface area contributed by atoms with E-state index in [-0.39, 0.29) is 10.8 Å². The Kier molecular flexibility index (Phi) is 4.26. The lowest BCUT2D eigenvalue weighted by atomic mass is 10.1. The third kappa shape index (κ3) is 3.41. The number of thiocarbonyl (C=S) groups is 1. The van der Waals surface area contributed by atoms with Crippen LogP contribution in [-0.4, -0.2) is 5.11 Å². The summed E-state index contributed by atoms with van der Waals surface area (Å²) in [6.07, 6.45) is 0. The Balaban J connectivity index is 1.81. The zero-order valence-corrected chi connectivity index (χ0v) is 13.3. The highest BCUT2D eigenvalue weighted by molar-refractivity contribution is 7.80.